The van der Waals surface area contributed by atoms with Crippen molar-refractivity contribution in [3.63, 3.8) is 0 Å². The van der Waals surface area contributed by atoms with Crippen LogP contribution in [0.25, 0.3) is 11.3 Å². The topological polar surface area (TPSA) is 43.2 Å². The van der Waals surface area contributed by atoms with Crippen molar-refractivity contribution in [2.24, 2.45) is 0 Å². The van der Waals surface area contributed by atoms with E-state index in [4.69, 9.17) is 27.9 Å². The van der Waals surface area contributed by atoms with Crippen molar-refractivity contribution >= 4 is 23.2 Å². The van der Waals surface area contributed by atoms with Crippen LogP contribution in [0.5, 0.6) is 0 Å². The van der Waals surface area contributed by atoms with Gasteiger partial charge in [0.2, 0.25) is 0 Å². The van der Waals surface area contributed by atoms with Gasteiger partial charge in [0, 0.05) is 30.2 Å². The van der Waals surface area contributed by atoms with E-state index < -0.39 is 0 Å². The van der Waals surface area contributed by atoms with Crippen LogP contribution >= 0.6 is 23.2 Å². The maximum atomic E-state index is 6.38. The standard InChI is InChI=1S/C20H18Cl2N4O/c21-14-6-7-15(16(22)8-14)20-18-12-27-19-11-25(9-13-4-2-1-3-5-13)10-17(19)26(18)24-23-20/h1-8,17,19H,9-12H2/t17-,19-/m1/s1. The number of ether oxygens (including phenoxy) is 1. The second-order valence-corrected chi connectivity index (χ2v) is 7.89. The van der Waals surface area contributed by atoms with Crippen LogP contribution in [0.3, 0.4) is 0 Å². The van der Waals surface area contributed by atoms with Gasteiger partial charge in [0.1, 0.15) is 5.69 Å². The molecule has 1 saturated heterocycles. The maximum absolute atomic E-state index is 6.38. The molecule has 0 unspecified atom stereocenters. The number of hydrogen-bond acceptors (Lipinski definition) is 4. The third kappa shape index (κ3) is 3.15. The van der Waals surface area contributed by atoms with Gasteiger partial charge in [-0.05, 0) is 23.8 Å². The predicted molar refractivity (Wildman–Crippen MR) is 105 cm³/mol. The Kier molecular flexibility index (Phi) is 4.40. The lowest BCUT2D eigenvalue weighted by Gasteiger charge is -2.26. The molecule has 1 fully saturated rings. The summed E-state index contributed by atoms with van der Waals surface area (Å²) >= 11 is 12.4. The smallest absolute Gasteiger partial charge is 0.120 e. The quantitative estimate of drug-likeness (QED) is 0.660. The molecule has 3 aromatic rings. The van der Waals surface area contributed by atoms with Crippen LogP contribution in [0.4, 0.5) is 0 Å². The van der Waals surface area contributed by atoms with Crippen LogP contribution < -0.4 is 0 Å². The van der Waals surface area contributed by atoms with E-state index in [0.29, 0.717) is 16.7 Å². The van der Waals surface area contributed by atoms with Crippen molar-refractivity contribution in [3.8, 4) is 11.3 Å². The van der Waals surface area contributed by atoms with E-state index in [2.05, 4.69) is 39.5 Å². The lowest BCUT2D eigenvalue weighted by Crippen LogP contribution is -2.32. The Bertz CT molecular complexity index is 975. The molecular weight excluding hydrogens is 383 g/mol. The van der Waals surface area contributed by atoms with Crippen LogP contribution in [-0.4, -0.2) is 39.1 Å². The number of benzene rings is 2. The first-order chi connectivity index (χ1) is 13.2. The lowest BCUT2D eigenvalue weighted by atomic mass is 10.1. The van der Waals surface area contributed by atoms with E-state index in [1.54, 1.807) is 6.07 Å². The first kappa shape index (κ1) is 17.2. The van der Waals surface area contributed by atoms with E-state index in [1.807, 2.05) is 22.9 Å². The van der Waals surface area contributed by atoms with Crippen molar-refractivity contribution < 1.29 is 4.74 Å². The van der Waals surface area contributed by atoms with Crippen LogP contribution in [0, 0.1) is 0 Å². The number of hydrogen-bond donors (Lipinski definition) is 0. The number of fused-ring (bicyclic) bond motifs is 3. The van der Waals surface area contributed by atoms with Gasteiger partial charge in [0.05, 0.1) is 29.5 Å². The Labute approximate surface area is 167 Å². The first-order valence-electron chi connectivity index (χ1n) is 8.96. The van der Waals surface area contributed by atoms with Crippen molar-refractivity contribution in [3.05, 3.63) is 69.8 Å². The van der Waals surface area contributed by atoms with Gasteiger partial charge in [0.25, 0.3) is 0 Å². The third-order valence-electron chi connectivity index (χ3n) is 5.29. The second-order valence-electron chi connectivity index (χ2n) is 7.05. The van der Waals surface area contributed by atoms with Crippen molar-refractivity contribution in [1.29, 1.82) is 0 Å². The molecule has 0 saturated carbocycles. The molecule has 0 N–H and O–H groups in total. The summed E-state index contributed by atoms with van der Waals surface area (Å²) in [6.07, 6.45) is 0.136. The highest BCUT2D eigenvalue weighted by atomic mass is 35.5. The molecule has 1 aromatic heterocycles. The average Bonchev–Trinajstić information content (AvgIpc) is 3.26. The summed E-state index contributed by atoms with van der Waals surface area (Å²) in [6.45, 7) is 3.19. The van der Waals surface area contributed by atoms with Crippen LogP contribution in [0.15, 0.2) is 48.5 Å². The minimum atomic E-state index is 0.136. The molecule has 2 aliphatic rings. The Morgan fingerprint density at radius 1 is 1.07 bits per heavy atom. The Hall–Kier alpha value is -1.92. The maximum Gasteiger partial charge on any atom is 0.120 e. The summed E-state index contributed by atoms with van der Waals surface area (Å²) in [6, 6.07) is 16.1. The molecule has 2 atom stereocenters. The molecule has 5 rings (SSSR count). The lowest BCUT2D eigenvalue weighted by molar-refractivity contribution is -0.00494. The fourth-order valence-electron chi connectivity index (χ4n) is 3.99. The largest absolute Gasteiger partial charge is 0.368 e. The zero-order valence-corrected chi connectivity index (χ0v) is 16.1. The predicted octanol–water partition coefficient (Wildman–Crippen LogP) is 4.21. The first-order valence-corrected chi connectivity index (χ1v) is 9.72. The fourth-order valence-corrected chi connectivity index (χ4v) is 4.49. The van der Waals surface area contributed by atoms with Crippen molar-refractivity contribution in [2.75, 3.05) is 13.1 Å². The highest BCUT2D eigenvalue weighted by molar-refractivity contribution is 6.36. The van der Waals surface area contributed by atoms with Crippen LogP contribution in [0.1, 0.15) is 17.3 Å². The molecule has 27 heavy (non-hydrogen) atoms. The summed E-state index contributed by atoms with van der Waals surface area (Å²) in [5.41, 5.74) is 3.89. The molecule has 2 aromatic carbocycles. The molecule has 2 aliphatic heterocycles. The summed E-state index contributed by atoms with van der Waals surface area (Å²) in [5.74, 6) is 0. The van der Waals surface area contributed by atoms with E-state index in [9.17, 15) is 0 Å². The number of rotatable bonds is 3. The van der Waals surface area contributed by atoms with E-state index in [-0.39, 0.29) is 12.1 Å². The second kappa shape index (κ2) is 6.91. The highest BCUT2D eigenvalue weighted by Gasteiger charge is 2.40. The molecule has 0 spiro atoms. The summed E-state index contributed by atoms with van der Waals surface area (Å²) in [4.78, 5) is 2.41. The minimum absolute atomic E-state index is 0.136. The third-order valence-corrected chi connectivity index (χ3v) is 5.83. The monoisotopic (exact) mass is 400 g/mol. The molecule has 3 heterocycles. The number of aromatic nitrogens is 3. The minimum Gasteiger partial charge on any atom is -0.368 e. The Morgan fingerprint density at radius 2 is 1.93 bits per heavy atom. The molecule has 0 amide bonds. The van der Waals surface area contributed by atoms with Gasteiger partial charge in [-0.2, -0.15) is 0 Å². The molecule has 0 radical (unpaired) electrons. The van der Waals surface area contributed by atoms with Crippen molar-refractivity contribution in [1.82, 2.24) is 19.9 Å². The van der Waals surface area contributed by atoms with E-state index in [1.165, 1.54) is 5.56 Å². The zero-order chi connectivity index (χ0) is 18.4. The zero-order valence-electron chi connectivity index (χ0n) is 14.6. The van der Waals surface area contributed by atoms with Crippen LogP contribution in [-0.2, 0) is 17.9 Å². The Balaban J connectivity index is 1.41. The van der Waals surface area contributed by atoms with Gasteiger partial charge < -0.3 is 4.74 Å². The van der Waals surface area contributed by atoms with Gasteiger partial charge in [-0.25, -0.2) is 4.68 Å². The normalized spacial score (nSPS) is 21.9. The van der Waals surface area contributed by atoms with Crippen LogP contribution in [0.2, 0.25) is 10.0 Å². The summed E-state index contributed by atoms with van der Waals surface area (Å²) < 4.78 is 8.20. The SMILES string of the molecule is Clc1ccc(-c2nnn3c2CO[C@@H]2CN(Cc4ccccc4)C[C@H]23)c(Cl)c1. The van der Waals surface area contributed by atoms with Gasteiger partial charge >= 0.3 is 0 Å². The molecule has 0 bridgehead atoms. The Morgan fingerprint density at radius 3 is 2.74 bits per heavy atom. The number of likely N-dealkylation sites (tertiary alicyclic amines) is 1. The van der Waals surface area contributed by atoms with E-state index >= 15 is 0 Å². The van der Waals surface area contributed by atoms with Gasteiger partial charge in [-0.3, -0.25) is 4.90 Å². The van der Waals surface area contributed by atoms with Gasteiger partial charge in [-0.1, -0.05) is 58.7 Å². The molecule has 7 heteroatoms. The number of nitrogens with zero attached hydrogens (tertiary/aromatic N) is 4. The highest BCUT2D eigenvalue weighted by Crippen LogP contribution is 2.37. The average molecular weight is 401 g/mol. The van der Waals surface area contributed by atoms with Gasteiger partial charge in [0.15, 0.2) is 0 Å². The van der Waals surface area contributed by atoms with Gasteiger partial charge in [-0.15, -0.1) is 5.10 Å². The molecule has 5 nitrogen and oxygen atoms in total. The van der Waals surface area contributed by atoms with E-state index in [0.717, 1.165) is 36.6 Å². The molecular formula is C20H18Cl2N4O. The number of halogens is 2. The molecule has 138 valence electrons. The molecule has 0 aliphatic carbocycles. The summed E-state index contributed by atoms with van der Waals surface area (Å²) in [5, 5.41) is 10.0. The van der Waals surface area contributed by atoms with Crippen molar-refractivity contribution in [2.45, 2.75) is 25.3 Å². The summed E-state index contributed by atoms with van der Waals surface area (Å²) in [7, 11) is 0. The fraction of sp³-hybridized carbons (Fsp3) is 0.300.